The fraction of sp³-hybridized carbons (Fsp3) is 0.818. The number of rotatable bonds is 5. The summed E-state index contributed by atoms with van der Waals surface area (Å²) in [6.07, 6.45) is 3.18. The number of nitrogens with zero attached hydrogens (tertiary/aromatic N) is 2. The molecular weight excluding hydrogens is 192 g/mol. The van der Waals surface area contributed by atoms with Crippen LogP contribution in [0.5, 0.6) is 0 Å². The summed E-state index contributed by atoms with van der Waals surface area (Å²) in [5, 5.41) is 0. The van der Waals surface area contributed by atoms with E-state index in [1.54, 1.807) is 26.0 Å². The van der Waals surface area contributed by atoms with Crippen LogP contribution in [0.15, 0.2) is 4.99 Å². The molecule has 0 saturated heterocycles. The average Bonchev–Trinajstić information content (AvgIpc) is 2.69. The molecule has 0 bridgehead atoms. The second kappa shape index (κ2) is 5.85. The zero-order valence-corrected chi connectivity index (χ0v) is 9.82. The van der Waals surface area contributed by atoms with Crippen LogP contribution in [0, 0.1) is 0 Å². The molecule has 1 aliphatic heterocycles. The van der Waals surface area contributed by atoms with E-state index in [1.807, 2.05) is 0 Å². The first-order valence-corrected chi connectivity index (χ1v) is 5.40. The van der Waals surface area contributed by atoms with Crippen molar-refractivity contribution in [2.24, 2.45) is 4.99 Å². The molecule has 0 N–H and O–H groups in total. The van der Waals surface area contributed by atoms with Crippen molar-refractivity contribution in [1.82, 2.24) is 4.90 Å². The fourth-order valence-corrected chi connectivity index (χ4v) is 1.69. The van der Waals surface area contributed by atoms with Crippen LogP contribution in [0.2, 0.25) is 0 Å². The van der Waals surface area contributed by atoms with Gasteiger partial charge in [0, 0.05) is 46.3 Å². The molecule has 4 heteroatoms. The minimum atomic E-state index is 0.0745. The Balaban J connectivity index is 2.38. The zero-order valence-electron chi connectivity index (χ0n) is 9.82. The van der Waals surface area contributed by atoms with Crippen LogP contribution in [0.3, 0.4) is 0 Å². The van der Waals surface area contributed by atoms with E-state index in [-0.39, 0.29) is 12.0 Å². The Kier molecular flexibility index (Phi) is 4.75. The number of carbonyl (C=O) groups excluding carboxylic acids is 1. The molecule has 1 unspecified atom stereocenters. The normalized spacial score (nSPS) is 17.4. The molecular formula is C11H20N2O2. The van der Waals surface area contributed by atoms with E-state index in [0.29, 0.717) is 6.54 Å². The average molecular weight is 212 g/mol. The van der Waals surface area contributed by atoms with Gasteiger partial charge in [0.25, 0.3) is 0 Å². The molecule has 0 radical (unpaired) electrons. The number of amides is 1. The molecule has 1 rings (SSSR count). The lowest BCUT2D eigenvalue weighted by Gasteiger charge is -2.22. The van der Waals surface area contributed by atoms with Crippen molar-refractivity contribution in [1.29, 1.82) is 0 Å². The van der Waals surface area contributed by atoms with Gasteiger partial charge in [-0.15, -0.1) is 0 Å². The van der Waals surface area contributed by atoms with Crippen LogP contribution in [-0.2, 0) is 9.53 Å². The monoisotopic (exact) mass is 212 g/mol. The topological polar surface area (TPSA) is 41.9 Å². The highest BCUT2D eigenvalue weighted by atomic mass is 16.5. The maximum absolute atomic E-state index is 11.1. The lowest BCUT2D eigenvalue weighted by Crippen LogP contribution is -2.34. The summed E-state index contributed by atoms with van der Waals surface area (Å²) >= 11 is 0. The third-order valence-electron chi connectivity index (χ3n) is 2.77. The first-order valence-electron chi connectivity index (χ1n) is 5.40. The Morgan fingerprint density at radius 1 is 1.67 bits per heavy atom. The Morgan fingerprint density at radius 2 is 2.40 bits per heavy atom. The van der Waals surface area contributed by atoms with Crippen molar-refractivity contribution in [2.45, 2.75) is 32.3 Å². The molecule has 0 aromatic rings. The van der Waals surface area contributed by atoms with Crippen molar-refractivity contribution in [3.05, 3.63) is 0 Å². The summed E-state index contributed by atoms with van der Waals surface area (Å²) in [6, 6.07) is 0. The fourth-order valence-electron chi connectivity index (χ4n) is 1.69. The smallest absolute Gasteiger partial charge is 0.219 e. The minimum absolute atomic E-state index is 0.0745. The van der Waals surface area contributed by atoms with Gasteiger partial charge in [-0.25, -0.2) is 0 Å². The summed E-state index contributed by atoms with van der Waals surface area (Å²) in [5.74, 6) is 0.0745. The van der Waals surface area contributed by atoms with Crippen molar-refractivity contribution in [2.75, 3.05) is 27.2 Å². The molecule has 0 aliphatic carbocycles. The summed E-state index contributed by atoms with van der Waals surface area (Å²) in [4.78, 5) is 17.2. The van der Waals surface area contributed by atoms with Crippen molar-refractivity contribution in [3.8, 4) is 0 Å². The van der Waals surface area contributed by atoms with Crippen LogP contribution < -0.4 is 0 Å². The highest BCUT2D eigenvalue weighted by Crippen LogP contribution is 2.11. The standard InChI is InChI=1S/C11H20N2O2/c1-9(14)13(2)8-11(15-3)7-10-5-4-6-12-10/h11H,4-8H2,1-3H3. The molecule has 1 atom stereocenters. The lowest BCUT2D eigenvalue weighted by molar-refractivity contribution is -0.129. The molecule has 0 aromatic carbocycles. The highest BCUT2D eigenvalue weighted by Gasteiger charge is 2.16. The highest BCUT2D eigenvalue weighted by molar-refractivity contribution is 5.86. The molecule has 0 fully saturated rings. The summed E-state index contributed by atoms with van der Waals surface area (Å²) in [6.45, 7) is 3.17. The Morgan fingerprint density at radius 3 is 2.87 bits per heavy atom. The van der Waals surface area contributed by atoms with Gasteiger partial charge in [0.15, 0.2) is 0 Å². The number of methoxy groups -OCH3 is 1. The quantitative estimate of drug-likeness (QED) is 0.685. The number of aliphatic imine (C=N–C) groups is 1. The second-order valence-electron chi connectivity index (χ2n) is 4.01. The second-order valence-corrected chi connectivity index (χ2v) is 4.01. The predicted molar refractivity (Wildman–Crippen MR) is 60.3 cm³/mol. The van der Waals surface area contributed by atoms with E-state index >= 15 is 0 Å². The SMILES string of the molecule is COC(CC1=NCCC1)CN(C)C(C)=O. The maximum Gasteiger partial charge on any atom is 0.219 e. The number of likely N-dealkylation sites (N-methyl/N-ethyl adjacent to an activating group) is 1. The number of hydrogen-bond acceptors (Lipinski definition) is 3. The summed E-state index contributed by atoms with van der Waals surface area (Å²) in [5.41, 5.74) is 1.24. The Hall–Kier alpha value is -0.900. The third kappa shape index (κ3) is 4.00. The summed E-state index contributed by atoms with van der Waals surface area (Å²) < 4.78 is 5.36. The van der Waals surface area contributed by atoms with E-state index in [9.17, 15) is 4.79 Å². The van der Waals surface area contributed by atoms with Crippen LogP contribution >= 0.6 is 0 Å². The number of carbonyl (C=O) groups is 1. The Bertz CT molecular complexity index is 251. The van der Waals surface area contributed by atoms with Gasteiger partial charge in [0.2, 0.25) is 5.91 Å². The van der Waals surface area contributed by atoms with E-state index in [1.165, 1.54) is 5.71 Å². The maximum atomic E-state index is 11.1. The van der Waals surface area contributed by atoms with Gasteiger partial charge in [0.1, 0.15) is 0 Å². The largest absolute Gasteiger partial charge is 0.379 e. The van der Waals surface area contributed by atoms with Gasteiger partial charge in [-0.05, 0) is 12.8 Å². The van der Waals surface area contributed by atoms with Gasteiger partial charge >= 0.3 is 0 Å². The first kappa shape index (κ1) is 12.2. The van der Waals surface area contributed by atoms with Crippen LogP contribution in [0.4, 0.5) is 0 Å². The van der Waals surface area contributed by atoms with E-state index in [4.69, 9.17) is 4.74 Å². The molecule has 0 saturated carbocycles. The molecule has 1 aliphatic rings. The number of ether oxygens (including phenoxy) is 1. The van der Waals surface area contributed by atoms with Gasteiger partial charge in [-0.1, -0.05) is 0 Å². The first-order chi connectivity index (χ1) is 7.13. The van der Waals surface area contributed by atoms with Gasteiger partial charge in [0.05, 0.1) is 6.10 Å². The van der Waals surface area contributed by atoms with Crippen molar-refractivity contribution >= 4 is 11.6 Å². The molecule has 1 amide bonds. The van der Waals surface area contributed by atoms with Crippen LogP contribution in [0.1, 0.15) is 26.2 Å². The van der Waals surface area contributed by atoms with Crippen molar-refractivity contribution < 1.29 is 9.53 Å². The zero-order chi connectivity index (χ0) is 11.3. The van der Waals surface area contributed by atoms with E-state index in [0.717, 1.165) is 25.8 Å². The molecule has 1 heterocycles. The van der Waals surface area contributed by atoms with Crippen LogP contribution in [-0.4, -0.2) is 49.9 Å². The molecule has 15 heavy (non-hydrogen) atoms. The lowest BCUT2D eigenvalue weighted by atomic mass is 10.1. The predicted octanol–water partition coefficient (Wildman–Crippen LogP) is 1.10. The van der Waals surface area contributed by atoms with Crippen molar-refractivity contribution in [3.63, 3.8) is 0 Å². The van der Waals surface area contributed by atoms with Gasteiger partial charge < -0.3 is 9.64 Å². The Labute approximate surface area is 91.3 Å². The molecule has 0 spiro atoms. The van der Waals surface area contributed by atoms with Gasteiger partial charge in [-0.3, -0.25) is 9.79 Å². The van der Waals surface area contributed by atoms with Gasteiger partial charge in [-0.2, -0.15) is 0 Å². The summed E-state index contributed by atoms with van der Waals surface area (Å²) in [7, 11) is 3.49. The third-order valence-corrected chi connectivity index (χ3v) is 2.77. The van der Waals surface area contributed by atoms with E-state index in [2.05, 4.69) is 4.99 Å². The number of hydrogen-bond donors (Lipinski definition) is 0. The molecule has 4 nitrogen and oxygen atoms in total. The molecule has 86 valence electrons. The minimum Gasteiger partial charge on any atom is -0.379 e. The molecule has 0 aromatic heterocycles. The van der Waals surface area contributed by atoms with E-state index < -0.39 is 0 Å². The van der Waals surface area contributed by atoms with Crippen LogP contribution in [0.25, 0.3) is 0 Å².